The molecule has 0 saturated heterocycles. The fraction of sp³-hybridized carbons (Fsp3) is 0.371. The smallest absolute Gasteiger partial charge is 0.449 e. The lowest BCUT2D eigenvalue weighted by molar-refractivity contribution is -0.155. The first-order chi connectivity index (χ1) is 23.7. The Kier molecular flexibility index (Phi) is 11.4. The van der Waals surface area contributed by atoms with Gasteiger partial charge in [0.2, 0.25) is 31.4 Å². The number of aromatic carboxylic acids is 2. The topological polar surface area (TPSA) is 132 Å². The number of rotatable bonds is 11. The Bertz CT molecular complexity index is 1980. The first-order valence-corrected chi connectivity index (χ1v) is 17.8. The Morgan fingerprint density at radius 1 is 0.667 bits per heavy atom. The number of carboxylic acid groups (broad SMARTS) is 2. The SMILES string of the molecule is CC(C)[Si](OCc1cc(C(=O)O)oc1C(F)(F)F)(C(C)C)C(C)C.O=C(O)c1cc(COc2ccc3c(c2)oc2ccccc23)c(C(F)(F)F)o1. The molecule has 5 rings (SSSR count). The van der Waals surface area contributed by atoms with Crippen LogP contribution in [0.3, 0.4) is 0 Å². The van der Waals surface area contributed by atoms with E-state index in [4.69, 9.17) is 23.8 Å². The standard InChI is InChI=1S/C19H11F3O5.C16H25F3O4Si/c20-19(21,22)17-10(7-16(27-17)18(23)24)9-25-11-5-6-13-12-3-1-2-4-14(12)26-15(13)8-11;1-9(2)24(10(3)4,11(5)6)22-8-12-7-13(15(20)21)23-14(12)16(17,18)19/h1-8H,9H2,(H,23,24);7,9-11H,8H2,1-6H3,(H,20,21). The summed E-state index contributed by atoms with van der Waals surface area (Å²) in [6.07, 6.45) is -9.58. The number of carbonyl (C=O) groups is 2. The van der Waals surface area contributed by atoms with Crippen LogP contribution in [0, 0.1) is 0 Å². The van der Waals surface area contributed by atoms with E-state index in [-0.39, 0.29) is 34.5 Å². The Labute approximate surface area is 288 Å². The molecule has 0 amide bonds. The van der Waals surface area contributed by atoms with Gasteiger partial charge in [-0.25, -0.2) is 9.59 Å². The van der Waals surface area contributed by atoms with Gasteiger partial charge in [-0.05, 0) is 47.0 Å². The minimum Gasteiger partial charge on any atom is -0.489 e. The van der Waals surface area contributed by atoms with Crippen LogP contribution in [0.2, 0.25) is 16.6 Å². The fourth-order valence-corrected chi connectivity index (χ4v) is 11.8. The van der Waals surface area contributed by atoms with Gasteiger partial charge in [-0.15, -0.1) is 0 Å². The molecule has 2 aromatic carbocycles. The summed E-state index contributed by atoms with van der Waals surface area (Å²) in [4.78, 5) is 21.8. The maximum atomic E-state index is 13.1. The second kappa shape index (κ2) is 14.9. The molecule has 16 heteroatoms. The summed E-state index contributed by atoms with van der Waals surface area (Å²) in [6.45, 7) is 11.3. The van der Waals surface area contributed by atoms with Crippen LogP contribution in [0.25, 0.3) is 21.9 Å². The molecule has 0 aliphatic carbocycles. The zero-order valence-electron chi connectivity index (χ0n) is 28.4. The average Bonchev–Trinajstić information content (AvgIpc) is 3.75. The largest absolute Gasteiger partial charge is 0.489 e. The molecular formula is C35H36F6O9Si. The number of benzene rings is 2. The number of ether oxygens (including phenoxy) is 1. The van der Waals surface area contributed by atoms with Crippen LogP contribution >= 0.6 is 0 Å². The molecule has 276 valence electrons. The highest BCUT2D eigenvalue weighted by Gasteiger charge is 2.46. The molecule has 0 bridgehead atoms. The zero-order chi connectivity index (χ0) is 38.1. The Hall–Kier alpha value is -4.70. The molecule has 0 unspecified atom stereocenters. The van der Waals surface area contributed by atoms with Gasteiger partial charge in [0.15, 0.2) is 0 Å². The maximum absolute atomic E-state index is 13.1. The number of alkyl halides is 6. The van der Waals surface area contributed by atoms with Crippen molar-refractivity contribution in [1.29, 1.82) is 0 Å². The highest BCUT2D eigenvalue weighted by molar-refractivity contribution is 6.77. The van der Waals surface area contributed by atoms with Gasteiger partial charge in [-0.3, -0.25) is 0 Å². The fourth-order valence-electron chi connectivity index (χ4n) is 6.42. The molecule has 2 N–H and O–H groups in total. The quantitative estimate of drug-likeness (QED) is 0.100. The maximum Gasteiger partial charge on any atom is 0.449 e. The second-order valence-electron chi connectivity index (χ2n) is 12.7. The lowest BCUT2D eigenvalue weighted by Gasteiger charge is -2.42. The van der Waals surface area contributed by atoms with E-state index in [2.05, 4.69) is 8.83 Å². The summed E-state index contributed by atoms with van der Waals surface area (Å²) in [5.41, 5.74) is 1.17. The van der Waals surface area contributed by atoms with Crippen LogP contribution < -0.4 is 4.74 Å². The van der Waals surface area contributed by atoms with Crippen LogP contribution in [0.15, 0.2) is 67.8 Å². The van der Waals surface area contributed by atoms with Crippen molar-refractivity contribution in [3.63, 3.8) is 0 Å². The van der Waals surface area contributed by atoms with Gasteiger partial charge in [0.25, 0.3) is 0 Å². The highest BCUT2D eigenvalue weighted by Crippen LogP contribution is 2.44. The van der Waals surface area contributed by atoms with Gasteiger partial charge in [0.05, 0.1) is 6.61 Å². The molecule has 51 heavy (non-hydrogen) atoms. The summed E-state index contributed by atoms with van der Waals surface area (Å²) in [7, 11) is -2.37. The third kappa shape index (κ3) is 8.44. The lowest BCUT2D eigenvalue weighted by atomic mass is 10.1. The van der Waals surface area contributed by atoms with E-state index >= 15 is 0 Å². The minimum atomic E-state index is -4.82. The minimum absolute atomic E-state index is 0.206. The van der Waals surface area contributed by atoms with Gasteiger partial charge in [-0.1, -0.05) is 59.7 Å². The van der Waals surface area contributed by atoms with Crippen LogP contribution in [0.1, 0.15) is 85.3 Å². The van der Waals surface area contributed by atoms with Gasteiger partial charge in [0, 0.05) is 28.0 Å². The summed E-state index contributed by atoms with van der Waals surface area (Å²) in [6, 6.07) is 14.1. The van der Waals surface area contributed by atoms with Crippen LogP contribution in [-0.4, -0.2) is 30.5 Å². The molecule has 0 radical (unpaired) electrons. The summed E-state index contributed by atoms with van der Waals surface area (Å²) < 4.78 is 104. The molecule has 0 aliphatic heterocycles. The van der Waals surface area contributed by atoms with Crippen molar-refractivity contribution in [2.75, 3.05) is 0 Å². The monoisotopic (exact) mass is 742 g/mol. The highest BCUT2D eigenvalue weighted by atomic mass is 28.4. The van der Waals surface area contributed by atoms with Gasteiger partial charge >= 0.3 is 24.3 Å². The van der Waals surface area contributed by atoms with Gasteiger partial charge < -0.3 is 32.6 Å². The molecule has 9 nitrogen and oxygen atoms in total. The normalized spacial score (nSPS) is 12.6. The molecular weight excluding hydrogens is 706 g/mol. The Morgan fingerprint density at radius 2 is 1.14 bits per heavy atom. The van der Waals surface area contributed by atoms with E-state index < -0.39 is 67.8 Å². The Morgan fingerprint density at radius 3 is 1.61 bits per heavy atom. The van der Waals surface area contributed by atoms with Crippen molar-refractivity contribution in [3.8, 4) is 5.75 Å². The van der Waals surface area contributed by atoms with Crippen molar-refractivity contribution in [2.45, 2.75) is 83.7 Å². The van der Waals surface area contributed by atoms with Crippen LogP contribution in [0.5, 0.6) is 5.75 Å². The zero-order valence-corrected chi connectivity index (χ0v) is 29.4. The Balaban J connectivity index is 0.000000231. The predicted octanol–water partition coefficient (Wildman–Crippen LogP) is 11.2. The number of carboxylic acids is 2. The van der Waals surface area contributed by atoms with Crippen molar-refractivity contribution < 1.29 is 68.6 Å². The van der Waals surface area contributed by atoms with E-state index in [1.807, 2.05) is 65.8 Å². The summed E-state index contributed by atoms with van der Waals surface area (Å²) >= 11 is 0. The van der Waals surface area contributed by atoms with Gasteiger partial charge in [-0.2, -0.15) is 26.3 Å². The number of furan rings is 3. The van der Waals surface area contributed by atoms with Crippen LogP contribution in [-0.2, 0) is 30.0 Å². The van der Waals surface area contributed by atoms with E-state index in [1.165, 1.54) is 0 Å². The predicted molar refractivity (Wildman–Crippen MR) is 175 cm³/mol. The molecule has 0 spiro atoms. The third-order valence-corrected chi connectivity index (χ3v) is 14.5. The number of hydrogen-bond acceptors (Lipinski definition) is 7. The molecule has 0 saturated carbocycles. The van der Waals surface area contributed by atoms with Crippen molar-refractivity contribution in [1.82, 2.24) is 0 Å². The number of fused-ring (bicyclic) bond motifs is 3. The molecule has 3 heterocycles. The first kappa shape index (κ1) is 39.1. The van der Waals surface area contributed by atoms with E-state index in [9.17, 15) is 35.9 Å². The molecule has 3 aromatic heterocycles. The average molecular weight is 743 g/mol. The van der Waals surface area contributed by atoms with E-state index in [0.29, 0.717) is 11.2 Å². The van der Waals surface area contributed by atoms with Crippen molar-refractivity contribution in [2.24, 2.45) is 0 Å². The molecule has 5 aromatic rings. The van der Waals surface area contributed by atoms with E-state index in [1.54, 1.807) is 18.2 Å². The van der Waals surface area contributed by atoms with Crippen molar-refractivity contribution >= 4 is 42.2 Å². The second-order valence-corrected chi connectivity index (χ2v) is 18.1. The van der Waals surface area contributed by atoms with Gasteiger partial charge in [0.1, 0.15) is 23.5 Å². The number of halogens is 6. The molecule has 0 atom stereocenters. The number of para-hydroxylation sites is 1. The van der Waals surface area contributed by atoms with Crippen molar-refractivity contribution in [3.05, 3.63) is 88.8 Å². The first-order valence-electron chi connectivity index (χ1n) is 15.7. The number of hydrogen-bond donors (Lipinski definition) is 2. The lowest BCUT2D eigenvalue weighted by Crippen LogP contribution is -2.47. The third-order valence-electron chi connectivity index (χ3n) is 8.48. The summed E-state index contributed by atoms with van der Waals surface area (Å²) in [5, 5.41) is 19.5. The van der Waals surface area contributed by atoms with Crippen LogP contribution in [0.4, 0.5) is 26.3 Å². The van der Waals surface area contributed by atoms with E-state index in [0.717, 1.165) is 22.9 Å². The summed E-state index contributed by atoms with van der Waals surface area (Å²) in [5.74, 6) is -7.04. The molecule has 0 fully saturated rings. The molecule has 0 aliphatic rings.